The van der Waals surface area contributed by atoms with Crippen molar-refractivity contribution in [2.24, 2.45) is 0 Å². The van der Waals surface area contributed by atoms with Crippen molar-refractivity contribution in [1.82, 2.24) is 4.31 Å². The number of nitrogens with zero attached hydrogens (tertiary/aromatic N) is 1. The lowest BCUT2D eigenvalue weighted by Gasteiger charge is -2.32. The van der Waals surface area contributed by atoms with Crippen molar-refractivity contribution in [1.29, 1.82) is 0 Å². The molecule has 5 nitrogen and oxygen atoms in total. The molecule has 1 heterocycles. The van der Waals surface area contributed by atoms with E-state index >= 15 is 0 Å². The van der Waals surface area contributed by atoms with Crippen LogP contribution >= 0.6 is 0 Å². The van der Waals surface area contributed by atoms with E-state index < -0.39 is 10.0 Å². The van der Waals surface area contributed by atoms with Gasteiger partial charge in [-0.25, -0.2) is 17.1 Å². The third-order valence-electron chi connectivity index (χ3n) is 4.35. The van der Waals surface area contributed by atoms with Gasteiger partial charge in [0, 0.05) is 20.2 Å². The second-order valence-corrected chi connectivity index (χ2v) is 7.88. The Hall–Kier alpha value is -1.18. The Balaban J connectivity index is 2.04. The first kappa shape index (κ1) is 18.2. The van der Waals surface area contributed by atoms with Crippen molar-refractivity contribution < 1.29 is 22.3 Å². The third kappa shape index (κ3) is 4.22. The maximum atomic E-state index is 14.3. The van der Waals surface area contributed by atoms with Crippen molar-refractivity contribution in [2.45, 2.75) is 31.8 Å². The fraction of sp³-hybridized carbons (Fsp3) is 0.625. The molecular formula is C16H24FNO4S. The van der Waals surface area contributed by atoms with Gasteiger partial charge in [0.05, 0.1) is 19.0 Å². The molecule has 1 aromatic carbocycles. The summed E-state index contributed by atoms with van der Waals surface area (Å²) in [5, 5.41) is 0. The summed E-state index contributed by atoms with van der Waals surface area (Å²) in [4.78, 5) is 0. The Labute approximate surface area is 137 Å². The topological polar surface area (TPSA) is 55.8 Å². The predicted molar refractivity (Wildman–Crippen MR) is 86.8 cm³/mol. The summed E-state index contributed by atoms with van der Waals surface area (Å²) in [6, 6.07) is 5.10. The van der Waals surface area contributed by atoms with E-state index in [4.69, 9.17) is 9.47 Å². The number of piperidine rings is 1. The van der Waals surface area contributed by atoms with Gasteiger partial charge in [0.15, 0.2) is 11.6 Å². The van der Waals surface area contributed by atoms with E-state index in [1.54, 1.807) is 25.1 Å². The van der Waals surface area contributed by atoms with Gasteiger partial charge in [-0.15, -0.1) is 0 Å². The van der Waals surface area contributed by atoms with Crippen LogP contribution in [0.25, 0.3) is 0 Å². The molecule has 1 fully saturated rings. The molecule has 0 aliphatic carbocycles. The number of halogens is 1. The number of hydrogen-bond acceptors (Lipinski definition) is 4. The monoisotopic (exact) mass is 345 g/mol. The van der Waals surface area contributed by atoms with Crippen LogP contribution in [-0.2, 0) is 14.8 Å². The van der Waals surface area contributed by atoms with Gasteiger partial charge < -0.3 is 9.47 Å². The molecule has 1 aliphatic rings. The minimum atomic E-state index is -3.33. The zero-order valence-electron chi connectivity index (χ0n) is 13.8. The van der Waals surface area contributed by atoms with Gasteiger partial charge in [-0.2, -0.15) is 0 Å². The van der Waals surface area contributed by atoms with E-state index in [2.05, 4.69) is 0 Å². The zero-order chi connectivity index (χ0) is 17.0. The summed E-state index contributed by atoms with van der Waals surface area (Å²) in [5.74, 6) is -0.131. The SMILES string of the molecule is COc1cccc(C2CCN(S(=O)(=O)CC(C)OC)CC2)c1F. The van der Waals surface area contributed by atoms with Gasteiger partial charge in [0.2, 0.25) is 10.0 Å². The molecule has 1 aromatic rings. The number of methoxy groups -OCH3 is 2. The van der Waals surface area contributed by atoms with E-state index in [0.717, 1.165) is 0 Å². The van der Waals surface area contributed by atoms with Crippen molar-refractivity contribution in [2.75, 3.05) is 33.1 Å². The Kier molecular flexibility index (Phi) is 6.00. The number of sulfonamides is 1. The maximum Gasteiger partial charge on any atom is 0.216 e. The second-order valence-electron chi connectivity index (χ2n) is 5.86. The molecule has 23 heavy (non-hydrogen) atoms. The highest BCUT2D eigenvalue weighted by Crippen LogP contribution is 2.33. The average Bonchev–Trinajstić information content (AvgIpc) is 2.54. The van der Waals surface area contributed by atoms with Crippen LogP contribution in [0.4, 0.5) is 4.39 Å². The Morgan fingerprint density at radius 3 is 2.52 bits per heavy atom. The zero-order valence-corrected chi connectivity index (χ0v) is 14.6. The van der Waals surface area contributed by atoms with Crippen LogP contribution in [0.1, 0.15) is 31.2 Å². The highest BCUT2D eigenvalue weighted by molar-refractivity contribution is 7.89. The molecule has 2 rings (SSSR count). The van der Waals surface area contributed by atoms with Crippen LogP contribution in [0.2, 0.25) is 0 Å². The minimum Gasteiger partial charge on any atom is -0.494 e. The molecule has 1 saturated heterocycles. The van der Waals surface area contributed by atoms with Crippen LogP contribution in [-0.4, -0.2) is 51.9 Å². The third-order valence-corrected chi connectivity index (χ3v) is 6.39. The molecule has 1 aliphatic heterocycles. The van der Waals surface area contributed by atoms with Gasteiger partial charge in [-0.05, 0) is 37.3 Å². The lowest BCUT2D eigenvalue weighted by Crippen LogP contribution is -2.41. The first-order valence-corrected chi connectivity index (χ1v) is 9.33. The minimum absolute atomic E-state index is 0.0106. The van der Waals surface area contributed by atoms with Crippen LogP contribution in [0.3, 0.4) is 0 Å². The Bertz CT molecular complexity index is 627. The number of benzene rings is 1. The molecule has 0 radical (unpaired) electrons. The fourth-order valence-electron chi connectivity index (χ4n) is 2.92. The summed E-state index contributed by atoms with van der Waals surface area (Å²) in [6.45, 7) is 2.54. The van der Waals surface area contributed by atoms with Crippen LogP contribution in [0, 0.1) is 5.82 Å². The van der Waals surface area contributed by atoms with Gasteiger partial charge >= 0.3 is 0 Å². The van der Waals surface area contributed by atoms with Gasteiger partial charge in [0.25, 0.3) is 0 Å². The standard InChI is InChI=1S/C16H24FNO4S/c1-12(21-2)11-23(19,20)18-9-7-13(8-10-18)14-5-4-6-15(22-3)16(14)17/h4-6,12-13H,7-11H2,1-3H3. The van der Waals surface area contributed by atoms with Crippen molar-refractivity contribution in [3.8, 4) is 5.75 Å². The summed E-state index contributed by atoms with van der Waals surface area (Å²) < 4.78 is 50.5. The van der Waals surface area contributed by atoms with Crippen LogP contribution in [0.15, 0.2) is 18.2 Å². The van der Waals surface area contributed by atoms with Gasteiger partial charge in [0.1, 0.15) is 0 Å². The Morgan fingerprint density at radius 1 is 1.30 bits per heavy atom. The first-order chi connectivity index (χ1) is 10.9. The highest BCUT2D eigenvalue weighted by Gasteiger charge is 2.31. The largest absolute Gasteiger partial charge is 0.494 e. The average molecular weight is 345 g/mol. The molecule has 0 N–H and O–H groups in total. The number of ether oxygens (including phenoxy) is 2. The van der Waals surface area contributed by atoms with Gasteiger partial charge in [-0.3, -0.25) is 0 Å². The summed E-state index contributed by atoms with van der Waals surface area (Å²) >= 11 is 0. The molecule has 1 unspecified atom stereocenters. The van der Waals surface area contributed by atoms with Crippen molar-refractivity contribution >= 4 is 10.0 Å². The summed E-state index contributed by atoms with van der Waals surface area (Å²) in [5.41, 5.74) is 0.603. The maximum absolute atomic E-state index is 14.3. The molecule has 0 spiro atoms. The molecule has 130 valence electrons. The smallest absolute Gasteiger partial charge is 0.216 e. The summed E-state index contributed by atoms with van der Waals surface area (Å²) in [7, 11) is -0.397. The number of rotatable bonds is 6. The second kappa shape index (κ2) is 7.59. The lowest BCUT2D eigenvalue weighted by atomic mass is 9.90. The predicted octanol–water partition coefficient (Wildman–Crippen LogP) is 2.38. The molecule has 0 amide bonds. The summed E-state index contributed by atoms with van der Waals surface area (Å²) in [6.07, 6.45) is 0.864. The molecule has 0 saturated carbocycles. The fourth-order valence-corrected chi connectivity index (χ4v) is 4.62. The van der Waals surface area contributed by atoms with E-state index in [9.17, 15) is 12.8 Å². The van der Waals surface area contributed by atoms with Crippen LogP contribution < -0.4 is 4.74 Å². The first-order valence-electron chi connectivity index (χ1n) is 7.72. The number of hydrogen-bond donors (Lipinski definition) is 0. The van der Waals surface area contributed by atoms with Crippen LogP contribution in [0.5, 0.6) is 5.75 Å². The Morgan fingerprint density at radius 2 is 1.96 bits per heavy atom. The van der Waals surface area contributed by atoms with Crippen molar-refractivity contribution in [3.63, 3.8) is 0 Å². The van der Waals surface area contributed by atoms with Gasteiger partial charge in [-0.1, -0.05) is 12.1 Å². The van der Waals surface area contributed by atoms with Crippen molar-refractivity contribution in [3.05, 3.63) is 29.6 Å². The van der Waals surface area contributed by atoms with E-state index in [-0.39, 0.29) is 29.3 Å². The molecule has 0 bridgehead atoms. The molecule has 1 atom stereocenters. The molecule has 0 aromatic heterocycles. The lowest BCUT2D eigenvalue weighted by molar-refractivity contribution is 0.134. The van der Waals surface area contributed by atoms with E-state index in [1.807, 2.05) is 0 Å². The molecular weight excluding hydrogens is 321 g/mol. The normalized spacial score (nSPS) is 18.8. The highest BCUT2D eigenvalue weighted by atomic mass is 32.2. The van der Waals surface area contributed by atoms with E-state index in [0.29, 0.717) is 31.5 Å². The quantitative estimate of drug-likeness (QED) is 0.794. The van der Waals surface area contributed by atoms with E-state index in [1.165, 1.54) is 18.5 Å². The molecule has 7 heteroatoms.